The predicted octanol–water partition coefficient (Wildman–Crippen LogP) is 7.39. The van der Waals surface area contributed by atoms with E-state index in [1.165, 1.54) is 44.1 Å². The highest BCUT2D eigenvalue weighted by Crippen LogP contribution is 2.00. The summed E-state index contributed by atoms with van der Waals surface area (Å²) in [5, 5.41) is 0. The summed E-state index contributed by atoms with van der Waals surface area (Å²) < 4.78 is 0. The minimum Gasteiger partial charge on any atom is -0.0887 e. The molecule has 0 saturated carbocycles. The van der Waals surface area contributed by atoms with E-state index in [-0.39, 0.29) is 0 Å². The van der Waals surface area contributed by atoms with Gasteiger partial charge in [-0.15, -0.1) is 0 Å². The minimum atomic E-state index is 1.25. The Kier molecular flexibility index (Phi) is 54.2. The fourth-order valence-electron chi connectivity index (χ4n) is 0.892. The van der Waals surface area contributed by atoms with E-state index in [1.807, 2.05) is 13.8 Å². The van der Waals surface area contributed by atoms with Gasteiger partial charge in [-0.1, -0.05) is 92.2 Å². The van der Waals surface area contributed by atoms with Gasteiger partial charge in [0.15, 0.2) is 0 Å². The van der Waals surface area contributed by atoms with E-state index in [2.05, 4.69) is 54.5 Å². The smallest absolute Gasteiger partial charge is 0.0326 e. The van der Waals surface area contributed by atoms with Crippen molar-refractivity contribution in [3.63, 3.8) is 0 Å². The van der Waals surface area contributed by atoms with Gasteiger partial charge in [-0.3, -0.25) is 0 Å². The van der Waals surface area contributed by atoms with Crippen LogP contribution in [0, 0.1) is 0 Å². The van der Waals surface area contributed by atoms with Crippen LogP contribution in [-0.2, 0) is 0 Å². The molecule has 0 rings (SSSR count). The number of unbranched alkanes of at least 4 members (excludes halogenated alkanes) is 2. The van der Waals surface area contributed by atoms with Crippen LogP contribution in [-0.4, -0.2) is 0 Å². The van der Waals surface area contributed by atoms with Gasteiger partial charge in [0.25, 0.3) is 0 Å². The second-order valence-electron chi connectivity index (χ2n) is 3.95. The van der Waals surface area contributed by atoms with Crippen molar-refractivity contribution < 1.29 is 0 Å². The molecule has 0 atom stereocenters. The summed E-state index contributed by atoms with van der Waals surface area (Å²) in [6.45, 7) is 19.1. The van der Waals surface area contributed by atoms with Crippen molar-refractivity contribution in [3.05, 3.63) is 11.6 Å². The van der Waals surface area contributed by atoms with Crippen LogP contribution in [0.4, 0.5) is 0 Å². The van der Waals surface area contributed by atoms with Crippen LogP contribution in [0.25, 0.3) is 0 Å². The zero-order chi connectivity index (χ0) is 14.5. The first-order chi connectivity index (χ1) is 8.14. The fourth-order valence-corrected chi connectivity index (χ4v) is 0.892. The molecule has 0 saturated heterocycles. The molecule has 0 aliphatic rings. The highest BCUT2D eigenvalue weighted by atomic mass is 13.9. The standard InChI is InChI=1S/C7H14.C5H12.C3H8.C2H6/c1-4-6-7(3)5-2;1-3-5-4-2;1-3-2;1-2/h5H,4,6H2,1-3H3;3-5H2,1-2H3;3H2,1-2H3;1-2H3/b7-5+;;;. The molecule has 0 N–H and O–H groups in total. The molecule has 0 aromatic rings. The third kappa shape index (κ3) is 65.4. The Labute approximate surface area is 113 Å². The van der Waals surface area contributed by atoms with E-state index in [1.54, 1.807) is 0 Å². The van der Waals surface area contributed by atoms with Gasteiger partial charge < -0.3 is 0 Å². The first-order valence-corrected chi connectivity index (χ1v) is 7.76. The Morgan fingerprint density at radius 3 is 1.24 bits per heavy atom. The summed E-state index contributed by atoms with van der Waals surface area (Å²) in [4.78, 5) is 0. The molecule has 0 unspecified atom stereocenters. The number of hydrogen-bond donors (Lipinski definition) is 0. The number of hydrogen-bond acceptors (Lipinski definition) is 0. The van der Waals surface area contributed by atoms with Crippen molar-refractivity contribution in [2.75, 3.05) is 0 Å². The molecule has 0 bridgehead atoms. The third-order valence-electron chi connectivity index (χ3n) is 1.84. The van der Waals surface area contributed by atoms with Gasteiger partial charge in [-0.25, -0.2) is 0 Å². The third-order valence-corrected chi connectivity index (χ3v) is 1.84. The maximum Gasteiger partial charge on any atom is -0.0326 e. The molecule has 0 fully saturated rings. The van der Waals surface area contributed by atoms with Crippen molar-refractivity contribution in [1.82, 2.24) is 0 Å². The van der Waals surface area contributed by atoms with Gasteiger partial charge in [0.05, 0.1) is 0 Å². The number of allylic oxidation sites excluding steroid dienone is 2. The topological polar surface area (TPSA) is 0 Å². The molecule has 0 nitrogen and oxygen atoms in total. The average Bonchev–Trinajstić information content (AvgIpc) is 2.35. The van der Waals surface area contributed by atoms with Crippen LogP contribution in [0.5, 0.6) is 0 Å². The van der Waals surface area contributed by atoms with Gasteiger partial charge >= 0.3 is 0 Å². The Hall–Kier alpha value is -0.260. The van der Waals surface area contributed by atoms with Crippen molar-refractivity contribution in [1.29, 1.82) is 0 Å². The van der Waals surface area contributed by atoms with E-state index in [4.69, 9.17) is 0 Å². The summed E-state index contributed by atoms with van der Waals surface area (Å²) in [5.41, 5.74) is 1.50. The van der Waals surface area contributed by atoms with Gasteiger partial charge in [0.2, 0.25) is 0 Å². The minimum absolute atomic E-state index is 1.25. The zero-order valence-corrected chi connectivity index (χ0v) is 14.3. The molecule has 108 valence electrons. The van der Waals surface area contributed by atoms with Crippen molar-refractivity contribution in [2.45, 2.75) is 101 Å². The Morgan fingerprint density at radius 2 is 1.18 bits per heavy atom. The van der Waals surface area contributed by atoms with Crippen LogP contribution in [0.15, 0.2) is 11.6 Å². The first kappa shape index (κ1) is 25.6. The van der Waals surface area contributed by atoms with Crippen LogP contribution >= 0.6 is 0 Å². The molecule has 0 radical (unpaired) electrons. The lowest BCUT2D eigenvalue weighted by Crippen LogP contribution is -1.70. The van der Waals surface area contributed by atoms with Crippen molar-refractivity contribution >= 4 is 0 Å². The SMILES string of the molecule is C/C=C(\C)CCC.CC.CCC.CCCCC. The summed E-state index contributed by atoms with van der Waals surface area (Å²) in [5.74, 6) is 0. The molecule has 0 aromatic carbocycles. The molecule has 0 aliphatic carbocycles. The zero-order valence-electron chi connectivity index (χ0n) is 14.3. The highest BCUT2D eigenvalue weighted by molar-refractivity contribution is 4.94. The molecular weight excluding hydrogens is 204 g/mol. The second kappa shape index (κ2) is 36.0. The molecule has 0 heteroatoms. The summed E-state index contributed by atoms with van der Waals surface area (Å²) in [7, 11) is 0. The van der Waals surface area contributed by atoms with Crippen LogP contribution in [0.2, 0.25) is 0 Å². The van der Waals surface area contributed by atoms with Crippen LogP contribution < -0.4 is 0 Å². The summed E-state index contributed by atoms with van der Waals surface area (Å²) in [6, 6.07) is 0. The number of rotatable bonds is 4. The van der Waals surface area contributed by atoms with Crippen LogP contribution in [0.3, 0.4) is 0 Å². The van der Waals surface area contributed by atoms with E-state index >= 15 is 0 Å². The Bertz CT molecular complexity index is 98.6. The van der Waals surface area contributed by atoms with E-state index in [9.17, 15) is 0 Å². The maximum absolute atomic E-state index is 2.21. The molecule has 0 heterocycles. The lowest BCUT2D eigenvalue weighted by molar-refractivity contribution is 0.772. The van der Waals surface area contributed by atoms with E-state index in [0.29, 0.717) is 0 Å². The molecule has 17 heavy (non-hydrogen) atoms. The maximum atomic E-state index is 2.21. The quantitative estimate of drug-likeness (QED) is 0.452. The highest BCUT2D eigenvalue weighted by Gasteiger charge is 1.79. The Balaban J connectivity index is -0.0000000743. The Morgan fingerprint density at radius 1 is 0.824 bits per heavy atom. The van der Waals surface area contributed by atoms with Gasteiger partial charge in [0, 0.05) is 0 Å². The predicted molar refractivity (Wildman–Crippen MR) is 86.9 cm³/mol. The average molecular weight is 245 g/mol. The van der Waals surface area contributed by atoms with Gasteiger partial charge in [-0.05, 0) is 20.3 Å². The molecule has 0 aliphatic heterocycles. The largest absolute Gasteiger partial charge is 0.0887 e. The van der Waals surface area contributed by atoms with E-state index in [0.717, 1.165) is 0 Å². The fraction of sp³-hybridized carbons (Fsp3) is 0.882. The molecule has 0 amide bonds. The lowest BCUT2D eigenvalue weighted by atomic mass is 10.2. The summed E-state index contributed by atoms with van der Waals surface area (Å²) in [6.07, 6.45) is 10.0. The van der Waals surface area contributed by atoms with Gasteiger partial charge in [-0.2, -0.15) is 0 Å². The molecular formula is C17H40. The second-order valence-corrected chi connectivity index (χ2v) is 3.95. The van der Waals surface area contributed by atoms with Crippen LogP contribution in [0.1, 0.15) is 101 Å². The van der Waals surface area contributed by atoms with Crippen molar-refractivity contribution in [3.8, 4) is 0 Å². The normalized spacial score (nSPS) is 8.88. The van der Waals surface area contributed by atoms with Gasteiger partial charge in [0.1, 0.15) is 0 Å². The van der Waals surface area contributed by atoms with Crippen molar-refractivity contribution in [2.24, 2.45) is 0 Å². The first-order valence-electron chi connectivity index (χ1n) is 7.76. The van der Waals surface area contributed by atoms with E-state index < -0.39 is 0 Å². The monoisotopic (exact) mass is 244 g/mol. The molecule has 0 spiro atoms. The summed E-state index contributed by atoms with van der Waals surface area (Å²) >= 11 is 0. The lowest BCUT2D eigenvalue weighted by Gasteiger charge is -1.91. The molecule has 0 aromatic heterocycles.